The van der Waals surface area contributed by atoms with E-state index in [9.17, 15) is 9.90 Å². The lowest BCUT2D eigenvalue weighted by Gasteiger charge is -2.33. The first-order chi connectivity index (χ1) is 15.4. The standard InChI is InChI=1S/C25H26BrNO5/c1-14-7-20(28)19(11-27-6-4-3-5-15(27)2)25-22(14)23(29)21(32-25)10-16-8-18(26)9-17-12-30-13-31-24(16)17/h7-10,15,28H,3-6,11-13H2,1-2H3/b21-10-. The van der Waals surface area contributed by atoms with Gasteiger partial charge in [-0.25, -0.2) is 0 Å². The first-order valence-corrected chi connectivity index (χ1v) is 11.8. The van der Waals surface area contributed by atoms with Gasteiger partial charge in [0.25, 0.3) is 0 Å². The van der Waals surface area contributed by atoms with Gasteiger partial charge in [0.05, 0.1) is 17.7 Å². The van der Waals surface area contributed by atoms with Crippen LogP contribution in [0.4, 0.5) is 0 Å². The van der Waals surface area contributed by atoms with Gasteiger partial charge in [-0.05, 0) is 63.1 Å². The maximum absolute atomic E-state index is 13.3. The van der Waals surface area contributed by atoms with E-state index in [0.717, 1.165) is 35.0 Å². The number of phenols is 1. The molecule has 0 aliphatic carbocycles. The van der Waals surface area contributed by atoms with E-state index < -0.39 is 0 Å². The van der Waals surface area contributed by atoms with Gasteiger partial charge in [-0.1, -0.05) is 22.4 Å². The molecule has 0 spiro atoms. The molecule has 0 bridgehead atoms. The Bertz CT molecular complexity index is 1130. The quantitative estimate of drug-likeness (QED) is 0.576. The maximum Gasteiger partial charge on any atom is 0.232 e. The lowest BCUT2D eigenvalue weighted by Crippen LogP contribution is -2.36. The summed E-state index contributed by atoms with van der Waals surface area (Å²) >= 11 is 3.52. The highest BCUT2D eigenvalue weighted by molar-refractivity contribution is 9.10. The summed E-state index contributed by atoms with van der Waals surface area (Å²) in [5.74, 6) is 1.41. The molecule has 1 saturated heterocycles. The number of carbonyl (C=O) groups excluding carboxylic acids is 1. The van der Waals surface area contributed by atoms with Crippen molar-refractivity contribution in [1.29, 1.82) is 0 Å². The number of piperidine rings is 1. The van der Waals surface area contributed by atoms with Crippen LogP contribution in [0.1, 0.15) is 58.8 Å². The zero-order valence-electron chi connectivity index (χ0n) is 18.2. The number of ether oxygens (including phenoxy) is 3. The molecule has 3 aliphatic heterocycles. The van der Waals surface area contributed by atoms with E-state index in [0.29, 0.717) is 47.4 Å². The molecule has 0 amide bonds. The summed E-state index contributed by atoms with van der Waals surface area (Å²) in [6.45, 7) is 6.20. The van der Waals surface area contributed by atoms with E-state index in [4.69, 9.17) is 14.2 Å². The van der Waals surface area contributed by atoms with Crippen molar-refractivity contribution in [3.05, 3.63) is 56.2 Å². The first kappa shape index (κ1) is 21.5. The second-order valence-electron chi connectivity index (χ2n) is 8.74. The van der Waals surface area contributed by atoms with Gasteiger partial charge in [-0.15, -0.1) is 0 Å². The first-order valence-electron chi connectivity index (χ1n) is 11.0. The smallest absolute Gasteiger partial charge is 0.232 e. The van der Waals surface area contributed by atoms with Gasteiger partial charge >= 0.3 is 0 Å². The number of hydrogen-bond donors (Lipinski definition) is 1. The van der Waals surface area contributed by atoms with Crippen LogP contribution in [0.3, 0.4) is 0 Å². The largest absolute Gasteiger partial charge is 0.507 e. The number of aryl methyl sites for hydroxylation is 1. The molecule has 0 radical (unpaired) electrons. The van der Waals surface area contributed by atoms with Crippen LogP contribution in [0.2, 0.25) is 0 Å². The van der Waals surface area contributed by atoms with Crippen LogP contribution >= 0.6 is 15.9 Å². The van der Waals surface area contributed by atoms with Crippen molar-refractivity contribution < 1.29 is 24.1 Å². The van der Waals surface area contributed by atoms with Gasteiger partial charge in [0, 0.05) is 28.2 Å². The van der Waals surface area contributed by atoms with Crippen LogP contribution < -0.4 is 9.47 Å². The zero-order chi connectivity index (χ0) is 22.4. The van der Waals surface area contributed by atoms with Crippen molar-refractivity contribution in [1.82, 2.24) is 4.90 Å². The lowest BCUT2D eigenvalue weighted by atomic mass is 9.97. The highest BCUT2D eigenvalue weighted by Gasteiger charge is 2.34. The molecule has 5 rings (SSSR count). The highest BCUT2D eigenvalue weighted by atomic mass is 79.9. The molecule has 168 valence electrons. The van der Waals surface area contributed by atoms with Gasteiger partial charge in [0.1, 0.15) is 17.2 Å². The Hall–Kier alpha value is -2.35. The third kappa shape index (κ3) is 3.83. The van der Waals surface area contributed by atoms with Crippen LogP contribution in [-0.4, -0.2) is 35.2 Å². The van der Waals surface area contributed by atoms with Crippen LogP contribution in [-0.2, 0) is 17.9 Å². The zero-order valence-corrected chi connectivity index (χ0v) is 19.8. The molecule has 1 unspecified atom stereocenters. The summed E-state index contributed by atoms with van der Waals surface area (Å²) in [4.78, 5) is 15.7. The average molecular weight is 500 g/mol. The molecule has 6 nitrogen and oxygen atoms in total. The maximum atomic E-state index is 13.3. The third-order valence-corrected chi connectivity index (χ3v) is 6.97. The molecule has 3 heterocycles. The van der Waals surface area contributed by atoms with Crippen LogP contribution in [0, 0.1) is 6.92 Å². The van der Waals surface area contributed by atoms with E-state index in [1.54, 1.807) is 12.1 Å². The van der Waals surface area contributed by atoms with Gasteiger partial charge in [0.15, 0.2) is 12.6 Å². The Balaban J connectivity index is 1.54. The Morgan fingerprint density at radius 3 is 2.91 bits per heavy atom. The fraction of sp³-hybridized carbons (Fsp3) is 0.400. The van der Waals surface area contributed by atoms with E-state index in [1.807, 2.05) is 19.1 Å². The van der Waals surface area contributed by atoms with Gasteiger partial charge < -0.3 is 19.3 Å². The minimum Gasteiger partial charge on any atom is -0.507 e. The topological polar surface area (TPSA) is 68.2 Å². The average Bonchev–Trinajstić information content (AvgIpc) is 3.08. The number of phenolic OH excluding ortho intramolecular Hbond substituents is 1. The fourth-order valence-corrected chi connectivity index (χ4v) is 5.31. The van der Waals surface area contributed by atoms with E-state index >= 15 is 0 Å². The monoisotopic (exact) mass is 499 g/mol. The van der Waals surface area contributed by atoms with E-state index in [2.05, 4.69) is 27.8 Å². The number of benzene rings is 2. The molecule has 32 heavy (non-hydrogen) atoms. The fourth-order valence-electron chi connectivity index (χ4n) is 4.79. The number of fused-ring (bicyclic) bond motifs is 2. The van der Waals surface area contributed by atoms with Crippen LogP contribution in [0.5, 0.6) is 17.2 Å². The van der Waals surface area contributed by atoms with E-state index in [1.165, 1.54) is 6.42 Å². The Morgan fingerprint density at radius 1 is 1.25 bits per heavy atom. The SMILES string of the molecule is Cc1cc(O)c(CN2CCCCC2C)c2c1C(=O)/C(=C/c1cc(Br)cc3c1OCOC3)O2. The minimum atomic E-state index is -0.175. The lowest BCUT2D eigenvalue weighted by molar-refractivity contribution is -0.0165. The molecule has 1 fully saturated rings. The number of rotatable bonds is 3. The number of nitrogens with zero attached hydrogens (tertiary/aromatic N) is 1. The third-order valence-electron chi connectivity index (χ3n) is 6.51. The molecule has 7 heteroatoms. The minimum absolute atomic E-state index is 0.172. The predicted octanol–water partition coefficient (Wildman–Crippen LogP) is 5.32. The summed E-state index contributed by atoms with van der Waals surface area (Å²) in [5, 5.41) is 10.8. The molecular formula is C25H26BrNO5. The summed E-state index contributed by atoms with van der Waals surface area (Å²) in [6, 6.07) is 5.95. The molecule has 3 aliphatic rings. The molecule has 1 atom stereocenters. The van der Waals surface area contributed by atoms with Crippen molar-refractivity contribution >= 4 is 27.8 Å². The molecule has 1 N–H and O–H groups in total. The van der Waals surface area contributed by atoms with Crippen molar-refractivity contribution in [2.24, 2.45) is 0 Å². The van der Waals surface area contributed by atoms with Crippen molar-refractivity contribution in [3.8, 4) is 17.2 Å². The Kier molecular flexibility index (Phi) is 5.73. The summed E-state index contributed by atoms with van der Waals surface area (Å²) in [5.41, 5.74) is 3.58. The number of carbonyl (C=O) groups is 1. The number of allylic oxidation sites excluding steroid dienone is 1. The van der Waals surface area contributed by atoms with Gasteiger partial charge in [-0.2, -0.15) is 0 Å². The number of halogens is 1. The number of Topliss-reactive ketones (excluding diaryl/α,β-unsaturated/α-hetero) is 1. The number of likely N-dealkylation sites (tertiary alicyclic amines) is 1. The summed E-state index contributed by atoms with van der Waals surface area (Å²) in [7, 11) is 0. The van der Waals surface area contributed by atoms with Gasteiger partial charge in [0.2, 0.25) is 5.78 Å². The second kappa shape index (κ2) is 8.54. The molecule has 2 aromatic rings. The van der Waals surface area contributed by atoms with Crippen molar-refractivity contribution in [2.75, 3.05) is 13.3 Å². The molecule has 0 saturated carbocycles. The highest BCUT2D eigenvalue weighted by Crippen LogP contribution is 2.43. The molecule has 0 aromatic heterocycles. The Labute approximate surface area is 195 Å². The van der Waals surface area contributed by atoms with Crippen LogP contribution in [0.15, 0.2) is 28.4 Å². The summed E-state index contributed by atoms with van der Waals surface area (Å²) in [6.07, 6.45) is 5.22. The predicted molar refractivity (Wildman–Crippen MR) is 124 cm³/mol. The van der Waals surface area contributed by atoms with E-state index in [-0.39, 0.29) is 24.1 Å². The Morgan fingerprint density at radius 2 is 2.09 bits per heavy atom. The molecule has 2 aromatic carbocycles. The van der Waals surface area contributed by atoms with Gasteiger partial charge in [-0.3, -0.25) is 9.69 Å². The number of hydrogen-bond acceptors (Lipinski definition) is 6. The molecular weight excluding hydrogens is 474 g/mol. The normalized spacial score (nSPS) is 21.8. The number of aromatic hydroxyl groups is 1. The van der Waals surface area contributed by atoms with Crippen molar-refractivity contribution in [2.45, 2.75) is 52.3 Å². The number of ketones is 1. The second-order valence-corrected chi connectivity index (χ2v) is 9.66. The van der Waals surface area contributed by atoms with Crippen molar-refractivity contribution in [3.63, 3.8) is 0 Å². The summed E-state index contributed by atoms with van der Waals surface area (Å²) < 4.78 is 18.1. The van der Waals surface area contributed by atoms with Crippen LogP contribution in [0.25, 0.3) is 6.08 Å².